The van der Waals surface area contributed by atoms with Crippen molar-refractivity contribution in [1.29, 1.82) is 0 Å². The summed E-state index contributed by atoms with van der Waals surface area (Å²) >= 11 is 6.06. The van der Waals surface area contributed by atoms with Crippen LogP contribution in [0.25, 0.3) is 22.0 Å². The first-order valence-corrected chi connectivity index (χ1v) is 8.88. The van der Waals surface area contributed by atoms with Crippen LogP contribution in [0.15, 0.2) is 72.9 Å². The highest BCUT2D eigenvalue weighted by atomic mass is 35.5. The van der Waals surface area contributed by atoms with E-state index in [0.717, 1.165) is 27.6 Å². The Morgan fingerprint density at radius 3 is 2.59 bits per heavy atom. The molecule has 0 atom stereocenters. The van der Waals surface area contributed by atoms with Gasteiger partial charge in [0.1, 0.15) is 5.82 Å². The second-order valence-corrected chi connectivity index (χ2v) is 6.71. The summed E-state index contributed by atoms with van der Waals surface area (Å²) in [6.07, 6.45) is 1.87. The average Bonchev–Trinajstić information content (AvgIpc) is 3.08. The lowest BCUT2D eigenvalue weighted by atomic mass is 10.0. The summed E-state index contributed by atoms with van der Waals surface area (Å²) in [6.45, 7) is 0.378. The van der Waals surface area contributed by atoms with E-state index < -0.39 is 0 Å². The minimum absolute atomic E-state index is 0.190. The monoisotopic (exact) mass is 378 g/mol. The fourth-order valence-corrected chi connectivity index (χ4v) is 3.25. The molecule has 134 valence electrons. The fraction of sp³-hybridized carbons (Fsp3) is 0.0455. The van der Waals surface area contributed by atoms with Gasteiger partial charge in [0.05, 0.1) is 0 Å². The van der Waals surface area contributed by atoms with E-state index in [1.165, 1.54) is 12.1 Å². The van der Waals surface area contributed by atoms with Crippen molar-refractivity contribution in [3.63, 3.8) is 0 Å². The number of carbonyl (C=O) groups excluding carboxylic acids is 1. The predicted molar refractivity (Wildman–Crippen MR) is 106 cm³/mol. The summed E-state index contributed by atoms with van der Waals surface area (Å²) in [5, 5.41) is 4.56. The smallest absolute Gasteiger partial charge is 0.251 e. The molecule has 3 nitrogen and oxygen atoms in total. The number of halogens is 2. The molecule has 5 heteroatoms. The van der Waals surface area contributed by atoms with Gasteiger partial charge in [-0.05, 0) is 59.2 Å². The van der Waals surface area contributed by atoms with Crippen LogP contribution in [0.5, 0.6) is 0 Å². The minimum Gasteiger partial charge on any atom is -0.361 e. The molecule has 27 heavy (non-hydrogen) atoms. The van der Waals surface area contributed by atoms with Crippen LogP contribution in [0.4, 0.5) is 4.39 Å². The van der Waals surface area contributed by atoms with Crippen LogP contribution in [-0.2, 0) is 6.54 Å². The normalized spacial score (nSPS) is 10.9. The number of fused-ring (bicyclic) bond motifs is 1. The topological polar surface area (TPSA) is 44.9 Å². The first-order chi connectivity index (χ1) is 13.1. The number of nitrogens with one attached hydrogen (secondary N) is 2. The molecule has 1 aromatic heterocycles. The SMILES string of the molecule is O=C(NCc1c[nH]c2ccc(Cl)cc12)c1cccc(-c2cccc(F)c2)c1. The maximum Gasteiger partial charge on any atom is 0.251 e. The zero-order valence-corrected chi connectivity index (χ0v) is 15.1. The molecule has 3 aromatic carbocycles. The Kier molecular flexibility index (Phi) is 4.65. The third-order valence-electron chi connectivity index (χ3n) is 4.45. The lowest BCUT2D eigenvalue weighted by Crippen LogP contribution is -2.22. The molecule has 4 aromatic rings. The van der Waals surface area contributed by atoms with Crippen LogP contribution in [-0.4, -0.2) is 10.9 Å². The van der Waals surface area contributed by atoms with E-state index in [2.05, 4.69) is 10.3 Å². The maximum absolute atomic E-state index is 13.5. The van der Waals surface area contributed by atoms with Gasteiger partial charge in [0.15, 0.2) is 0 Å². The van der Waals surface area contributed by atoms with Crippen molar-refractivity contribution in [3.05, 3.63) is 94.9 Å². The van der Waals surface area contributed by atoms with Crippen LogP contribution in [0.1, 0.15) is 15.9 Å². The molecule has 0 saturated heterocycles. The van der Waals surface area contributed by atoms with Crippen molar-refractivity contribution in [2.45, 2.75) is 6.54 Å². The van der Waals surface area contributed by atoms with Crippen LogP contribution >= 0.6 is 11.6 Å². The number of hydrogen-bond donors (Lipinski definition) is 2. The van der Waals surface area contributed by atoms with Crippen molar-refractivity contribution in [2.24, 2.45) is 0 Å². The van der Waals surface area contributed by atoms with Crippen LogP contribution in [0.3, 0.4) is 0 Å². The lowest BCUT2D eigenvalue weighted by molar-refractivity contribution is 0.0951. The lowest BCUT2D eigenvalue weighted by Gasteiger charge is -2.07. The van der Waals surface area contributed by atoms with Gasteiger partial charge in [-0.15, -0.1) is 0 Å². The molecular formula is C22H16ClFN2O. The van der Waals surface area contributed by atoms with Gasteiger partial charge in [0.25, 0.3) is 5.91 Å². The van der Waals surface area contributed by atoms with E-state index in [-0.39, 0.29) is 11.7 Å². The molecule has 1 amide bonds. The van der Waals surface area contributed by atoms with Crippen molar-refractivity contribution in [1.82, 2.24) is 10.3 Å². The van der Waals surface area contributed by atoms with Gasteiger partial charge in [0, 0.05) is 34.2 Å². The number of rotatable bonds is 4. The second-order valence-electron chi connectivity index (χ2n) is 6.28. The highest BCUT2D eigenvalue weighted by Crippen LogP contribution is 2.23. The minimum atomic E-state index is -0.305. The molecule has 4 rings (SSSR count). The number of amides is 1. The van der Waals surface area contributed by atoms with Gasteiger partial charge in [-0.25, -0.2) is 4.39 Å². The third kappa shape index (κ3) is 3.71. The highest BCUT2D eigenvalue weighted by molar-refractivity contribution is 6.31. The molecule has 1 heterocycles. The molecule has 0 unspecified atom stereocenters. The van der Waals surface area contributed by atoms with Gasteiger partial charge in [0.2, 0.25) is 0 Å². The Hall–Kier alpha value is -3.11. The zero-order valence-electron chi connectivity index (χ0n) is 14.3. The summed E-state index contributed by atoms with van der Waals surface area (Å²) in [4.78, 5) is 15.7. The summed E-state index contributed by atoms with van der Waals surface area (Å²) in [5.41, 5.74) is 3.98. The van der Waals surface area contributed by atoms with Gasteiger partial charge in [-0.1, -0.05) is 35.9 Å². The summed E-state index contributed by atoms with van der Waals surface area (Å²) in [7, 11) is 0. The van der Waals surface area contributed by atoms with Crippen LogP contribution < -0.4 is 5.32 Å². The number of H-pyrrole nitrogens is 1. The van der Waals surface area contributed by atoms with Gasteiger partial charge in [-0.3, -0.25) is 4.79 Å². The fourth-order valence-electron chi connectivity index (χ4n) is 3.08. The van der Waals surface area contributed by atoms with E-state index in [1.54, 1.807) is 24.3 Å². The molecule has 0 fully saturated rings. The molecule has 0 aliphatic heterocycles. The average molecular weight is 379 g/mol. The quantitative estimate of drug-likeness (QED) is 0.480. The van der Waals surface area contributed by atoms with Crippen molar-refractivity contribution in [2.75, 3.05) is 0 Å². The van der Waals surface area contributed by atoms with Crippen molar-refractivity contribution < 1.29 is 9.18 Å². The third-order valence-corrected chi connectivity index (χ3v) is 4.69. The van der Waals surface area contributed by atoms with E-state index in [4.69, 9.17) is 11.6 Å². The number of benzene rings is 3. The van der Waals surface area contributed by atoms with Gasteiger partial charge in [-0.2, -0.15) is 0 Å². The standard InChI is InChI=1S/C22H16ClFN2O/c23-18-7-8-21-20(11-18)17(12-25-21)13-26-22(27)16-5-1-3-14(9-16)15-4-2-6-19(24)10-15/h1-12,25H,13H2,(H,26,27). The summed E-state index contributed by atoms with van der Waals surface area (Å²) < 4.78 is 13.5. The first-order valence-electron chi connectivity index (χ1n) is 8.50. The highest BCUT2D eigenvalue weighted by Gasteiger charge is 2.10. The molecule has 0 spiro atoms. The van der Waals surface area contributed by atoms with E-state index in [0.29, 0.717) is 17.1 Å². The molecule has 0 bridgehead atoms. The Balaban J connectivity index is 1.53. The van der Waals surface area contributed by atoms with Gasteiger partial charge >= 0.3 is 0 Å². The number of aromatic amines is 1. The van der Waals surface area contributed by atoms with E-state index >= 15 is 0 Å². The molecule has 2 N–H and O–H groups in total. The Bertz CT molecular complexity index is 1140. The maximum atomic E-state index is 13.5. The Morgan fingerprint density at radius 1 is 1.00 bits per heavy atom. The second kappa shape index (κ2) is 7.25. The molecule has 0 aliphatic carbocycles. The number of hydrogen-bond acceptors (Lipinski definition) is 1. The molecule has 0 aliphatic rings. The van der Waals surface area contributed by atoms with E-state index in [1.807, 2.05) is 36.5 Å². The largest absolute Gasteiger partial charge is 0.361 e. The van der Waals surface area contributed by atoms with Crippen molar-refractivity contribution in [3.8, 4) is 11.1 Å². The van der Waals surface area contributed by atoms with Crippen LogP contribution in [0, 0.1) is 5.82 Å². The zero-order chi connectivity index (χ0) is 18.8. The van der Waals surface area contributed by atoms with Crippen LogP contribution in [0.2, 0.25) is 5.02 Å². The molecule has 0 radical (unpaired) electrons. The number of carbonyl (C=O) groups is 1. The summed E-state index contributed by atoms with van der Waals surface area (Å²) in [6, 6.07) is 19.1. The molecule has 0 saturated carbocycles. The Morgan fingerprint density at radius 2 is 1.78 bits per heavy atom. The molecular weight excluding hydrogens is 363 g/mol. The van der Waals surface area contributed by atoms with Crippen molar-refractivity contribution >= 4 is 28.4 Å². The number of aromatic nitrogens is 1. The van der Waals surface area contributed by atoms with E-state index in [9.17, 15) is 9.18 Å². The predicted octanol–water partition coefficient (Wildman–Crippen LogP) is 5.56. The van der Waals surface area contributed by atoms with Gasteiger partial charge < -0.3 is 10.3 Å². The first kappa shape index (κ1) is 17.3. The summed E-state index contributed by atoms with van der Waals surface area (Å²) in [5.74, 6) is -0.495. The Labute approximate surface area is 160 Å².